The molecule has 3 aliphatic carbocycles. The second-order valence-electron chi connectivity index (χ2n) is 13.8. The van der Waals surface area contributed by atoms with E-state index in [1.165, 1.54) is 13.8 Å². The van der Waals surface area contributed by atoms with Gasteiger partial charge in [-0.3, -0.25) is 0 Å². The molecule has 0 heterocycles. The molecule has 0 aliphatic heterocycles. The third-order valence-corrected chi connectivity index (χ3v) is 5.08. The average Bonchev–Trinajstić information content (AvgIpc) is 3.29. The Morgan fingerprint density at radius 3 is 0.811 bits per heavy atom. The minimum atomic E-state index is -3.01. The zero-order valence-electron chi connectivity index (χ0n) is 73.1. The second kappa shape index (κ2) is 54.1. The molecule has 0 aromatic carbocycles. The summed E-state index contributed by atoms with van der Waals surface area (Å²) in [4.78, 5) is 0. The van der Waals surface area contributed by atoms with E-state index in [-0.39, 0.29) is 23.1 Å². The highest BCUT2D eigenvalue weighted by atomic mass is 14.3. The summed E-state index contributed by atoms with van der Waals surface area (Å²) < 4.78 is 239. The summed E-state index contributed by atoms with van der Waals surface area (Å²) in [5.74, 6) is -13.4. The van der Waals surface area contributed by atoms with Crippen LogP contribution in [0, 0.1) is 64.4 Å². The predicted octanol–water partition coefficient (Wildman–Crippen LogP) is 21.1. The number of hydrogen-bond donors (Lipinski definition) is 0. The monoisotopic (exact) mass is 791 g/mol. The maximum atomic E-state index is 7.81. The second-order valence-corrected chi connectivity index (χ2v) is 13.8. The highest BCUT2D eigenvalue weighted by Crippen LogP contribution is 2.32. The van der Waals surface area contributed by atoms with Crippen molar-refractivity contribution in [2.75, 3.05) is 0 Å². The number of rotatable bonds is 4. The Hall–Kier alpha value is 0. The van der Waals surface area contributed by atoms with Gasteiger partial charge in [-0.25, -0.2) is 0 Å². The van der Waals surface area contributed by atoms with Crippen LogP contribution >= 0.6 is 0 Å². The van der Waals surface area contributed by atoms with Gasteiger partial charge >= 0.3 is 0 Å². The summed E-state index contributed by atoms with van der Waals surface area (Å²) in [6.07, 6.45) is -25.6. The molecule has 0 amide bonds. The molecule has 1 unspecified atom stereocenters. The molecule has 0 bridgehead atoms. The van der Waals surface area contributed by atoms with Gasteiger partial charge in [0.15, 0.2) is 0 Å². The molecule has 0 aromatic heterocycles. The van der Waals surface area contributed by atoms with E-state index in [0.29, 0.717) is 12.3 Å². The van der Waals surface area contributed by atoms with Gasteiger partial charge in [-0.1, -0.05) is 264 Å². The molecule has 3 fully saturated rings. The van der Waals surface area contributed by atoms with E-state index in [2.05, 4.69) is 0 Å². The normalized spacial score (nSPS) is 48.9. The van der Waals surface area contributed by atoms with Gasteiger partial charge < -0.3 is 0 Å². The molecule has 3 saturated carbocycles. The first kappa shape index (κ1) is 24.2. The van der Waals surface area contributed by atoms with Crippen LogP contribution in [-0.2, 0) is 0 Å². The fourth-order valence-electron chi connectivity index (χ4n) is 1.94. The lowest BCUT2D eigenvalue weighted by Gasteiger charge is -2.28. The topological polar surface area (TPSA) is 0 Å². The average molecular weight is 792 g/mol. The summed E-state index contributed by atoms with van der Waals surface area (Å²) in [5.41, 5.74) is -0.229. The molecule has 53 heavy (non-hydrogen) atoms. The minimum absolute atomic E-state index is 0.132. The largest absolute Gasteiger partial charge is 0.0683 e. The van der Waals surface area contributed by atoms with Crippen molar-refractivity contribution < 1.29 is 43.9 Å². The Bertz CT molecular complexity index is 1570. The van der Waals surface area contributed by atoms with Crippen molar-refractivity contribution >= 4 is 0 Å². The Kier molecular flexibility index (Phi) is 24.7. The standard InChI is InChI=1S/C8H16.C7H14.C6H12.2C6H14.2C5H12.C4H10.3C2H6/c1-7-3-5-8(2)6-4-7;1-6-3-4-7(2)5-6;1-5-3-6(2)4-5;1-5-6(2,3)4;1-4-5-6(2)3;2*1-4-5(2)3;1-4(2)3;3*1-2/h7-8H,3-6H2,1-2H3;6-7H,3-5H2,1-2H3;5-6H,3-4H2,1-2H3;5H2,1-4H3;6H,4-5H2,1-3H3;2*5H,4H2,1-3H3;4H,1-3H3;3*1-2H3/t;6-,7?;;;;;;;;;/m.1........./s1/i3D2,4D2,5D2,6D2,7D,8D;3D2,4D2,5D2,6D,7D;3D2,4D2,5D,6D;5D2;4D2;5D;4D2;4D;;;. The lowest BCUT2D eigenvalue weighted by atomic mass is 9.78. The van der Waals surface area contributed by atoms with Crippen LogP contribution in [0.4, 0.5) is 0 Å². The quantitative estimate of drug-likeness (QED) is 0.266. The minimum Gasteiger partial charge on any atom is -0.0683 e. The molecule has 3 rings (SSSR count). The number of hydrogen-bond acceptors (Lipinski definition) is 0. The van der Waals surface area contributed by atoms with Crippen molar-refractivity contribution in [3.05, 3.63) is 0 Å². The van der Waals surface area contributed by atoms with Crippen molar-refractivity contribution in [2.45, 2.75) is 283 Å². The Labute approximate surface area is 392 Å². The van der Waals surface area contributed by atoms with Crippen LogP contribution in [-0.4, -0.2) is 0 Å². The zero-order valence-corrected chi connectivity index (χ0v) is 41.1. The first-order chi connectivity index (χ1) is 35.9. The lowest BCUT2D eigenvalue weighted by molar-refractivity contribution is 0.233. The van der Waals surface area contributed by atoms with Gasteiger partial charge in [0.2, 0.25) is 0 Å². The van der Waals surface area contributed by atoms with Crippen LogP contribution in [0.15, 0.2) is 0 Å². The summed E-state index contributed by atoms with van der Waals surface area (Å²) in [5, 5.41) is 0. The molecule has 0 radical (unpaired) electrons. The Morgan fingerprint density at radius 2 is 0.736 bits per heavy atom. The molecule has 0 spiro atoms. The fraction of sp³-hybridized carbons (Fsp3) is 1.00. The van der Waals surface area contributed by atoms with E-state index < -0.39 is 112 Å². The third-order valence-electron chi connectivity index (χ3n) is 5.08. The summed E-state index contributed by atoms with van der Waals surface area (Å²) in [6.45, 7) is 47.8. The maximum absolute atomic E-state index is 7.81. The summed E-state index contributed by atoms with van der Waals surface area (Å²) in [6, 6.07) is 0. The Balaban J connectivity index is -0.000000135. The van der Waals surface area contributed by atoms with Crippen LogP contribution < -0.4 is 0 Å². The van der Waals surface area contributed by atoms with Crippen molar-refractivity contribution in [1.29, 1.82) is 0 Å². The first-order valence-electron chi connectivity index (χ1n) is 35.9. The van der Waals surface area contributed by atoms with Crippen LogP contribution in [0.1, 0.15) is 327 Å². The van der Waals surface area contributed by atoms with Crippen molar-refractivity contribution in [1.82, 2.24) is 0 Å². The van der Waals surface area contributed by atoms with Gasteiger partial charge in [-0.15, -0.1) is 0 Å². The van der Waals surface area contributed by atoms with E-state index in [4.69, 9.17) is 43.9 Å². The summed E-state index contributed by atoms with van der Waals surface area (Å²) in [7, 11) is 0. The molecule has 0 nitrogen and oxygen atoms in total. The Morgan fingerprint density at radius 1 is 0.528 bits per heavy atom. The van der Waals surface area contributed by atoms with E-state index in [1.807, 2.05) is 132 Å². The molecule has 0 N–H and O–H groups in total. The zero-order chi connectivity index (χ0) is 73.1. The van der Waals surface area contributed by atoms with E-state index in [9.17, 15) is 0 Å². The highest BCUT2D eigenvalue weighted by molar-refractivity contribution is 4.71. The van der Waals surface area contributed by atoms with Crippen molar-refractivity contribution in [2.24, 2.45) is 64.4 Å². The van der Waals surface area contributed by atoms with E-state index in [1.54, 1.807) is 20.8 Å². The highest BCUT2D eigenvalue weighted by Gasteiger charge is 2.19. The van der Waals surface area contributed by atoms with Gasteiger partial charge in [0, 0.05) is 43.9 Å². The molecule has 334 valence electrons. The van der Waals surface area contributed by atoms with Crippen LogP contribution in [0.3, 0.4) is 0 Å². The molecule has 0 heteroatoms. The molecular weight excluding hydrogens is 637 g/mol. The molecule has 2 atom stereocenters. The van der Waals surface area contributed by atoms with Crippen molar-refractivity contribution in [3.8, 4) is 0 Å². The maximum Gasteiger partial charge on any atom is 0.0300 e. The molecule has 0 aromatic rings. The van der Waals surface area contributed by atoms with Gasteiger partial charge in [-0.05, 0) is 83.5 Å². The molecule has 3 aliphatic rings. The van der Waals surface area contributed by atoms with Gasteiger partial charge in [0.05, 0.1) is 0 Å². The van der Waals surface area contributed by atoms with Gasteiger partial charge in [-0.2, -0.15) is 0 Å². The first-order valence-corrected chi connectivity index (χ1v) is 19.9. The van der Waals surface area contributed by atoms with Crippen LogP contribution in [0.2, 0.25) is 0 Å². The third kappa shape index (κ3) is 95.0. The van der Waals surface area contributed by atoms with E-state index in [0.717, 1.165) is 34.1 Å². The lowest BCUT2D eigenvalue weighted by Crippen LogP contribution is -2.16. The predicted molar refractivity (Wildman–Crippen MR) is 261 cm³/mol. The summed E-state index contributed by atoms with van der Waals surface area (Å²) >= 11 is 0. The van der Waals surface area contributed by atoms with Crippen molar-refractivity contribution in [3.63, 3.8) is 0 Å². The van der Waals surface area contributed by atoms with Crippen LogP contribution in [0.5, 0.6) is 0 Å². The molecular formula is C53H122. The molecule has 0 saturated heterocycles. The van der Waals surface area contributed by atoms with Gasteiger partial charge in [0.25, 0.3) is 0 Å². The van der Waals surface area contributed by atoms with Gasteiger partial charge in [0.1, 0.15) is 0 Å². The smallest absolute Gasteiger partial charge is 0.0300 e. The van der Waals surface area contributed by atoms with E-state index >= 15 is 0 Å². The SMILES string of the molecule is CC.CC.CC.[2H]C(C)(C)C.[2H]C(C)(C)CC.[2H]C([2H])(C)C(C)(C)C.[2H]C([2H])(C)C(C)C.[2H]C([2H])(C)CC(C)C.[2H]C1([2H])C([2H])(C)C([2H])([2H])C1([2H])C.[2H]C1([2H])C([2H])(C)C([2H])([2H])[C@]([2H])(C)C1([2H])[2H].[2H]C1([2H])C([2H])([2H])C([2H])(C)C([2H])([2H])C([2H])([2H])C1([2H])C. The van der Waals surface area contributed by atoms with Crippen LogP contribution in [0.25, 0.3) is 0 Å². The fourth-order valence-corrected chi connectivity index (χ4v) is 1.94.